The molecule has 0 saturated carbocycles. The average Bonchev–Trinajstić information content (AvgIpc) is 3.04. The summed E-state index contributed by atoms with van der Waals surface area (Å²) in [5.74, 6) is -1.11. The van der Waals surface area contributed by atoms with E-state index in [4.69, 9.17) is 4.74 Å². The second-order valence-corrected chi connectivity index (χ2v) is 7.77. The van der Waals surface area contributed by atoms with Gasteiger partial charge in [-0.25, -0.2) is 0 Å². The zero-order chi connectivity index (χ0) is 22.7. The molecule has 3 aromatic rings. The summed E-state index contributed by atoms with van der Waals surface area (Å²) in [6, 6.07) is 13.2. The number of aliphatic hydroxyl groups excluding tert-OH is 1. The molecular weight excluding hydrogens is 406 g/mol. The van der Waals surface area contributed by atoms with Gasteiger partial charge in [-0.05, 0) is 49.2 Å². The largest absolute Gasteiger partial charge is 0.507 e. The lowest BCUT2D eigenvalue weighted by Gasteiger charge is -2.25. The van der Waals surface area contributed by atoms with Gasteiger partial charge in [0.2, 0.25) is 0 Å². The quantitative estimate of drug-likeness (QED) is 0.363. The Morgan fingerprint density at radius 1 is 1.06 bits per heavy atom. The van der Waals surface area contributed by atoms with E-state index in [1.807, 2.05) is 19.9 Å². The van der Waals surface area contributed by atoms with Crippen molar-refractivity contribution in [3.63, 3.8) is 0 Å². The molecule has 32 heavy (non-hydrogen) atoms. The molecule has 162 valence electrons. The summed E-state index contributed by atoms with van der Waals surface area (Å²) in [5.41, 5.74) is 1.83. The van der Waals surface area contributed by atoms with Crippen LogP contribution in [-0.4, -0.2) is 37.8 Å². The number of likely N-dealkylation sites (tertiary alicyclic amines) is 1. The molecule has 1 saturated heterocycles. The first-order valence-electron chi connectivity index (χ1n) is 10.3. The standard InChI is InChI=1S/C25H23N3O4/c1-16(2)32-20-9-3-7-18(12-20)23(29)21-22(19-8-5-11-27-14-19)28(25(31)24(21)30)15-17-6-4-10-26-13-17/h3-14,16,22,29H,15H2,1-2H3/b23-21-. The smallest absolute Gasteiger partial charge is 0.295 e. The number of ether oxygens (including phenoxy) is 1. The Labute approximate surface area is 186 Å². The van der Waals surface area contributed by atoms with Crippen LogP contribution in [0.3, 0.4) is 0 Å². The van der Waals surface area contributed by atoms with Gasteiger partial charge < -0.3 is 14.7 Å². The van der Waals surface area contributed by atoms with Crippen molar-refractivity contribution in [1.82, 2.24) is 14.9 Å². The molecular formula is C25H23N3O4. The predicted molar refractivity (Wildman–Crippen MR) is 119 cm³/mol. The van der Waals surface area contributed by atoms with Crippen molar-refractivity contribution in [3.05, 3.63) is 95.6 Å². The maximum atomic E-state index is 13.1. The summed E-state index contributed by atoms with van der Waals surface area (Å²) >= 11 is 0. The van der Waals surface area contributed by atoms with Crippen LogP contribution >= 0.6 is 0 Å². The minimum atomic E-state index is -0.779. The molecule has 0 radical (unpaired) electrons. The molecule has 1 fully saturated rings. The summed E-state index contributed by atoms with van der Waals surface area (Å²) in [7, 11) is 0. The van der Waals surface area contributed by atoms with Gasteiger partial charge in [0.25, 0.3) is 11.7 Å². The lowest BCUT2D eigenvalue weighted by Crippen LogP contribution is -2.29. The number of hydrogen-bond acceptors (Lipinski definition) is 6. The third kappa shape index (κ3) is 4.23. The van der Waals surface area contributed by atoms with Gasteiger partial charge in [-0.3, -0.25) is 19.6 Å². The molecule has 1 aromatic carbocycles. The molecule has 1 atom stereocenters. The van der Waals surface area contributed by atoms with Crippen molar-refractivity contribution in [1.29, 1.82) is 0 Å². The third-order valence-electron chi connectivity index (χ3n) is 5.10. The van der Waals surface area contributed by atoms with Gasteiger partial charge in [0.05, 0.1) is 17.7 Å². The molecule has 1 aliphatic heterocycles. The first-order valence-corrected chi connectivity index (χ1v) is 10.3. The summed E-state index contributed by atoms with van der Waals surface area (Å²) in [5, 5.41) is 11.2. The Kier molecular flexibility index (Phi) is 5.98. The first kappa shape index (κ1) is 21.2. The van der Waals surface area contributed by atoms with Crippen LogP contribution in [0.2, 0.25) is 0 Å². The number of ketones is 1. The zero-order valence-electron chi connectivity index (χ0n) is 17.8. The van der Waals surface area contributed by atoms with Gasteiger partial charge in [-0.1, -0.05) is 24.3 Å². The maximum Gasteiger partial charge on any atom is 0.295 e. The van der Waals surface area contributed by atoms with Crippen LogP contribution in [0.1, 0.15) is 36.6 Å². The number of aliphatic hydroxyl groups is 1. The lowest BCUT2D eigenvalue weighted by atomic mass is 9.96. The number of amides is 1. The highest BCUT2D eigenvalue weighted by molar-refractivity contribution is 6.46. The van der Waals surface area contributed by atoms with Crippen molar-refractivity contribution in [2.75, 3.05) is 0 Å². The SMILES string of the molecule is CC(C)Oc1cccc(/C(O)=C2/C(=O)C(=O)N(Cc3cccnc3)C2c2cccnc2)c1. The molecule has 7 nitrogen and oxygen atoms in total. The van der Waals surface area contributed by atoms with Gasteiger partial charge in [-0.2, -0.15) is 0 Å². The van der Waals surface area contributed by atoms with E-state index in [0.717, 1.165) is 5.56 Å². The van der Waals surface area contributed by atoms with Crippen molar-refractivity contribution < 1.29 is 19.4 Å². The Hall–Kier alpha value is -4.00. The van der Waals surface area contributed by atoms with Crippen LogP contribution in [0.4, 0.5) is 0 Å². The number of nitrogens with zero attached hydrogens (tertiary/aromatic N) is 3. The molecule has 1 unspecified atom stereocenters. The fourth-order valence-corrected chi connectivity index (χ4v) is 3.76. The van der Waals surface area contributed by atoms with Crippen molar-refractivity contribution in [2.45, 2.75) is 32.5 Å². The average molecular weight is 429 g/mol. The van der Waals surface area contributed by atoms with Gasteiger partial charge in [-0.15, -0.1) is 0 Å². The summed E-state index contributed by atoms with van der Waals surface area (Å²) in [6.45, 7) is 3.98. The number of aromatic nitrogens is 2. The highest BCUT2D eigenvalue weighted by Gasteiger charge is 2.46. The van der Waals surface area contributed by atoms with E-state index in [2.05, 4.69) is 9.97 Å². The predicted octanol–water partition coefficient (Wildman–Crippen LogP) is 3.89. The normalized spacial score (nSPS) is 17.7. The van der Waals surface area contributed by atoms with Gasteiger partial charge in [0.15, 0.2) is 0 Å². The van der Waals surface area contributed by atoms with E-state index in [0.29, 0.717) is 16.9 Å². The van der Waals surface area contributed by atoms with Crippen LogP contribution in [0, 0.1) is 0 Å². The summed E-state index contributed by atoms with van der Waals surface area (Å²) in [4.78, 5) is 35.8. The minimum Gasteiger partial charge on any atom is -0.507 e. The fraction of sp³-hybridized carbons (Fsp3) is 0.200. The van der Waals surface area contributed by atoms with E-state index >= 15 is 0 Å². The van der Waals surface area contributed by atoms with Crippen molar-refractivity contribution >= 4 is 17.4 Å². The maximum absolute atomic E-state index is 13.1. The second-order valence-electron chi connectivity index (χ2n) is 7.77. The molecule has 0 bridgehead atoms. The molecule has 7 heteroatoms. The number of pyridine rings is 2. The van der Waals surface area contributed by atoms with Gasteiger partial charge in [0.1, 0.15) is 11.5 Å². The number of Topliss-reactive ketones (excluding diaryl/α,β-unsaturated/α-hetero) is 1. The second kappa shape index (κ2) is 9.01. The number of benzene rings is 1. The molecule has 0 aliphatic carbocycles. The third-order valence-corrected chi connectivity index (χ3v) is 5.10. The molecule has 4 rings (SSSR count). The van der Waals surface area contributed by atoms with Crippen molar-refractivity contribution in [2.24, 2.45) is 0 Å². The monoisotopic (exact) mass is 429 g/mol. The van der Waals surface area contributed by atoms with Crippen LogP contribution in [0.5, 0.6) is 5.75 Å². The number of carbonyl (C=O) groups is 2. The van der Waals surface area contributed by atoms with E-state index in [9.17, 15) is 14.7 Å². The Balaban J connectivity index is 1.82. The zero-order valence-corrected chi connectivity index (χ0v) is 17.8. The highest BCUT2D eigenvalue weighted by Crippen LogP contribution is 2.40. The highest BCUT2D eigenvalue weighted by atomic mass is 16.5. The lowest BCUT2D eigenvalue weighted by molar-refractivity contribution is -0.140. The van der Waals surface area contributed by atoms with E-state index in [1.54, 1.807) is 67.3 Å². The number of rotatable bonds is 6. The van der Waals surface area contributed by atoms with E-state index in [-0.39, 0.29) is 24.0 Å². The van der Waals surface area contributed by atoms with Crippen molar-refractivity contribution in [3.8, 4) is 5.75 Å². The topological polar surface area (TPSA) is 92.6 Å². The van der Waals surface area contributed by atoms with Crippen LogP contribution in [0.25, 0.3) is 5.76 Å². The Morgan fingerprint density at radius 3 is 2.47 bits per heavy atom. The summed E-state index contributed by atoms with van der Waals surface area (Å²) < 4.78 is 5.71. The van der Waals surface area contributed by atoms with E-state index in [1.165, 1.54) is 4.90 Å². The first-order chi connectivity index (χ1) is 15.5. The fourth-order valence-electron chi connectivity index (χ4n) is 3.76. The van der Waals surface area contributed by atoms with Crippen LogP contribution in [-0.2, 0) is 16.1 Å². The Bertz CT molecular complexity index is 1160. The van der Waals surface area contributed by atoms with Crippen LogP contribution < -0.4 is 4.74 Å². The van der Waals surface area contributed by atoms with E-state index < -0.39 is 17.7 Å². The summed E-state index contributed by atoms with van der Waals surface area (Å²) in [6.07, 6.45) is 6.45. The number of hydrogen-bond donors (Lipinski definition) is 1. The Morgan fingerprint density at radius 2 is 1.81 bits per heavy atom. The molecule has 1 amide bonds. The molecule has 0 spiro atoms. The molecule has 3 heterocycles. The molecule has 1 aliphatic rings. The van der Waals surface area contributed by atoms with Gasteiger partial charge >= 0.3 is 0 Å². The molecule has 1 N–H and O–H groups in total. The van der Waals surface area contributed by atoms with Gasteiger partial charge in [0, 0.05) is 36.9 Å². The minimum absolute atomic E-state index is 0.0218. The number of carbonyl (C=O) groups excluding carboxylic acids is 2. The van der Waals surface area contributed by atoms with Crippen LogP contribution in [0.15, 0.2) is 78.9 Å². The molecule has 2 aromatic heterocycles.